The SMILES string of the molecule is CC(NCc1cc(F)cc(F)c1)c1ccc(Br)cc1. The van der Waals surface area contributed by atoms with Gasteiger partial charge in [0.1, 0.15) is 11.6 Å². The highest BCUT2D eigenvalue weighted by molar-refractivity contribution is 9.10. The molecule has 0 spiro atoms. The number of benzene rings is 2. The molecule has 0 radical (unpaired) electrons. The lowest BCUT2D eigenvalue weighted by Gasteiger charge is -2.14. The van der Waals surface area contributed by atoms with Gasteiger partial charge in [-0.3, -0.25) is 0 Å². The van der Waals surface area contributed by atoms with Crippen molar-refractivity contribution in [2.75, 3.05) is 0 Å². The monoisotopic (exact) mass is 325 g/mol. The largest absolute Gasteiger partial charge is 0.306 e. The summed E-state index contributed by atoms with van der Waals surface area (Å²) < 4.78 is 27.1. The van der Waals surface area contributed by atoms with Gasteiger partial charge < -0.3 is 5.32 Å². The van der Waals surface area contributed by atoms with Crippen molar-refractivity contribution < 1.29 is 8.78 Å². The van der Waals surface area contributed by atoms with Gasteiger partial charge in [-0.2, -0.15) is 0 Å². The van der Waals surface area contributed by atoms with Gasteiger partial charge in [0.25, 0.3) is 0 Å². The fourth-order valence-electron chi connectivity index (χ4n) is 1.85. The van der Waals surface area contributed by atoms with Gasteiger partial charge in [-0.15, -0.1) is 0 Å². The summed E-state index contributed by atoms with van der Waals surface area (Å²) in [6.45, 7) is 2.44. The average Bonchev–Trinajstić information content (AvgIpc) is 2.36. The molecule has 4 heteroatoms. The van der Waals surface area contributed by atoms with E-state index in [1.54, 1.807) is 0 Å². The van der Waals surface area contributed by atoms with Gasteiger partial charge in [0.15, 0.2) is 0 Å². The van der Waals surface area contributed by atoms with Crippen molar-refractivity contribution >= 4 is 15.9 Å². The minimum absolute atomic E-state index is 0.111. The second kappa shape index (κ2) is 6.26. The molecular formula is C15H14BrF2N. The van der Waals surface area contributed by atoms with Crippen LogP contribution in [0.25, 0.3) is 0 Å². The summed E-state index contributed by atoms with van der Waals surface area (Å²) in [5.74, 6) is -1.10. The Morgan fingerprint density at radius 1 is 1.05 bits per heavy atom. The number of halogens is 3. The van der Waals surface area contributed by atoms with Crippen molar-refractivity contribution in [1.82, 2.24) is 5.32 Å². The minimum Gasteiger partial charge on any atom is -0.306 e. The zero-order valence-electron chi connectivity index (χ0n) is 10.5. The maximum atomic E-state index is 13.0. The Morgan fingerprint density at radius 2 is 1.63 bits per heavy atom. The van der Waals surface area contributed by atoms with Crippen molar-refractivity contribution in [3.63, 3.8) is 0 Å². The molecule has 0 aliphatic carbocycles. The van der Waals surface area contributed by atoms with Crippen molar-refractivity contribution in [1.29, 1.82) is 0 Å². The van der Waals surface area contributed by atoms with E-state index in [9.17, 15) is 8.78 Å². The fourth-order valence-corrected chi connectivity index (χ4v) is 2.12. The third kappa shape index (κ3) is 4.11. The molecular weight excluding hydrogens is 312 g/mol. The van der Waals surface area contributed by atoms with E-state index in [2.05, 4.69) is 21.2 Å². The molecule has 19 heavy (non-hydrogen) atoms. The lowest BCUT2D eigenvalue weighted by molar-refractivity contribution is 0.554. The minimum atomic E-state index is -0.548. The summed E-state index contributed by atoms with van der Waals surface area (Å²) in [7, 11) is 0. The Hall–Kier alpha value is -1.26. The fraction of sp³-hybridized carbons (Fsp3) is 0.200. The molecule has 0 amide bonds. The van der Waals surface area contributed by atoms with Crippen LogP contribution in [-0.2, 0) is 6.54 Å². The van der Waals surface area contributed by atoms with E-state index in [0.29, 0.717) is 12.1 Å². The maximum Gasteiger partial charge on any atom is 0.126 e. The molecule has 0 fully saturated rings. The molecule has 1 unspecified atom stereocenters. The zero-order chi connectivity index (χ0) is 13.8. The van der Waals surface area contributed by atoms with Gasteiger partial charge in [0.05, 0.1) is 0 Å². The van der Waals surface area contributed by atoms with E-state index < -0.39 is 11.6 Å². The number of hydrogen-bond donors (Lipinski definition) is 1. The third-order valence-electron chi connectivity index (χ3n) is 2.90. The Bertz CT molecular complexity index is 534. The molecule has 0 saturated heterocycles. The average molecular weight is 326 g/mol. The van der Waals surface area contributed by atoms with E-state index in [1.165, 1.54) is 12.1 Å². The van der Waals surface area contributed by atoms with Crippen LogP contribution >= 0.6 is 15.9 Å². The number of nitrogens with one attached hydrogen (secondary N) is 1. The summed E-state index contributed by atoms with van der Waals surface area (Å²) in [6, 6.07) is 11.6. The van der Waals surface area contributed by atoms with E-state index in [1.807, 2.05) is 31.2 Å². The van der Waals surface area contributed by atoms with E-state index >= 15 is 0 Å². The van der Waals surface area contributed by atoms with Crippen LogP contribution in [0.2, 0.25) is 0 Å². The molecule has 1 N–H and O–H groups in total. The molecule has 2 aromatic carbocycles. The van der Waals surface area contributed by atoms with E-state index in [4.69, 9.17) is 0 Å². The molecule has 100 valence electrons. The van der Waals surface area contributed by atoms with Crippen LogP contribution in [0.1, 0.15) is 24.1 Å². The molecule has 2 rings (SSSR count). The first-order chi connectivity index (χ1) is 9.04. The van der Waals surface area contributed by atoms with Gasteiger partial charge in [-0.05, 0) is 42.3 Å². The summed E-state index contributed by atoms with van der Waals surface area (Å²) in [4.78, 5) is 0. The second-order valence-electron chi connectivity index (χ2n) is 4.43. The summed E-state index contributed by atoms with van der Waals surface area (Å²) in [5, 5.41) is 3.24. The van der Waals surface area contributed by atoms with Gasteiger partial charge in [0, 0.05) is 23.1 Å². The molecule has 2 aromatic rings. The summed E-state index contributed by atoms with van der Waals surface area (Å²) in [6.07, 6.45) is 0. The maximum absolute atomic E-state index is 13.0. The van der Waals surface area contributed by atoms with Crippen LogP contribution in [0.15, 0.2) is 46.9 Å². The predicted molar refractivity (Wildman–Crippen MR) is 75.8 cm³/mol. The Kier molecular flexibility index (Phi) is 4.66. The molecule has 1 nitrogen and oxygen atoms in total. The van der Waals surface area contributed by atoms with Gasteiger partial charge in [-0.1, -0.05) is 28.1 Å². The highest BCUT2D eigenvalue weighted by Crippen LogP contribution is 2.17. The van der Waals surface area contributed by atoms with Crippen molar-refractivity contribution in [2.45, 2.75) is 19.5 Å². The Labute approximate surface area is 119 Å². The van der Waals surface area contributed by atoms with Gasteiger partial charge in [-0.25, -0.2) is 8.78 Å². The van der Waals surface area contributed by atoms with Crippen LogP contribution in [0, 0.1) is 11.6 Å². The normalized spacial score (nSPS) is 12.4. The molecule has 0 heterocycles. The zero-order valence-corrected chi connectivity index (χ0v) is 12.0. The smallest absolute Gasteiger partial charge is 0.126 e. The first kappa shape index (κ1) is 14.2. The molecule has 1 atom stereocenters. The molecule has 0 aliphatic rings. The number of rotatable bonds is 4. The topological polar surface area (TPSA) is 12.0 Å². The lowest BCUT2D eigenvalue weighted by atomic mass is 10.1. The van der Waals surface area contributed by atoms with Crippen molar-refractivity contribution in [3.05, 3.63) is 69.7 Å². The van der Waals surface area contributed by atoms with Crippen LogP contribution in [-0.4, -0.2) is 0 Å². The lowest BCUT2D eigenvalue weighted by Crippen LogP contribution is -2.18. The standard InChI is InChI=1S/C15H14BrF2N/c1-10(12-2-4-13(16)5-3-12)19-9-11-6-14(17)8-15(18)7-11/h2-8,10,19H,9H2,1H3. The quantitative estimate of drug-likeness (QED) is 0.867. The van der Waals surface area contributed by atoms with Gasteiger partial charge in [0.2, 0.25) is 0 Å². The van der Waals surface area contributed by atoms with Crippen LogP contribution in [0.5, 0.6) is 0 Å². The molecule has 0 saturated carbocycles. The highest BCUT2D eigenvalue weighted by Gasteiger charge is 2.06. The second-order valence-corrected chi connectivity index (χ2v) is 5.35. The first-order valence-electron chi connectivity index (χ1n) is 5.98. The van der Waals surface area contributed by atoms with Crippen LogP contribution in [0.3, 0.4) is 0 Å². The van der Waals surface area contributed by atoms with Crippen molar-refractivity contribution in [2.24, 2.45) is 0 Å². The highest BCUT2D eigenvalue weighted by atomic mass is 79.9. The van der Waals surface area contributed by atoms with E-state index in [-0.39, 0.29) is 6.04 Å². The summed E-state index contributed by atoms with van der Waals surface area (Å²) >= 11 is 3.38. The van der Waals surface area contributed by atoms with Crippen LogP contribution < -0.4 is 5.32 Å². The number of hydrogen-bond acceptors (Lipinski definition) is 1. The molecule has 0 aliphatic heterocycles. The predicted octanol–water partition coefficient (Wildman–Crippen LogP) is 4.58. The molecule has 0 bridgehead atoms. The Morgan fingerprint density at radius 3 is 2.21 bits per heavy atom. The van der Waals surface area contributed by atoms with Crippen LogP contribution in [0.4, 0.5) is 8.78 Å². The Balaban J connectivity index is 1.99. The molecule has 0 aromatic heterocycles. The third-order valence-corrected chi connectivity index (χ3v) is 3.43. The van der Waals surface area contributed by atoms with Crippen molar-refractivity contribution in [3.8, 4) is 0 Å². The first-order valence-corrected chi connectivity index (χ1v) is 6.78. The van der Waals surface area contributed by atoms with E-state index in [0.717, 1.165) is 16.1 Å². The van der Waals surface area contributed by atoms with Gasteiger partial charge >= 0.3 is 0 Å². The summed E-state index contributed by atoms with van der Waals surface area (Å²) in [5.41, 5.74) is 1.72.